The van der Waals surface area contributed by atoms with Gasteiger partial charge in [-0.3, -0.25) is 14.5 Å². The van der Waals surface area contributed by atoms with Crippen LogP contribution in [0.2, 0.25) is 0 Å². The second-order valence-corrected chi connectivity index (χ2v) is 12.1. The molecule has 0 aromatic heterocycles. The summed E-state index contributed by atoms with van der Waals surface area (Å²) in [6.07, 6.45) is 0. The van der Waals surface area contributed by atoms with E-state index < -0.39 is 23.6 Å². The van der Waals surface area contributed by atoms with Crippen LogP contribution < -0.4 is 16.0 Å². The molecule has 1 heterocycles. The molecule has 212 valence electrons. The Hall–Kier alpha value is -3.53. The zero-order valence-electron chi connectivity index (χ0n) is 23.6. The average Bonchev–Trinajstić information content (AvgIpc) is 2.84. The number of anilines is 1. The Morgan fingerprint density at radius 2 is 1.56 bits per heavy atom. The molecule has 1 aliphatic rings. The summed E-state index contributed by atoms with van der Waals surface area (Å²) in [4.78, 5) is 41.2. The van der Waals surface area contributed by atoms with Crippen molar-refractivity contribution in [1.29, 1.82) is 0 Å². The number of urea groups is 1. The van der Waals surface area contributed by atoms with Gasteiger partial charge in [-0.05, 0) is 56.0 Å². The number of hydrogen-bond acceptors (Lipinski definition) is 4. The number of hydrogen-bond donors (Lipinski definition) is 3. The van der Waals surface area contributed by atoms with E-state index in [0.717, 1.165) is 5.56 Å². The van der Waals surface area contributed by atoms with E-state index in [-0.39, 0.29) is 28.1 Å². The van der Waals surface area contributed by atoms with Gasteiger partial charge in [0.25, 0.3) is 11.8 Å². The normalized spacial score (nSPS) is 14.6. The van der Waals surface area contributed by atoms with Gasteiger partial charge in [-0.15, -0.1) is 0 Å². The zero-order chi connectivity index (χ0) is 29.0. The van der Waals surface area contributed by atoms with Crippen molar-refractivity contribution < 1.29 is 23.2 Å². The van der Waals surface area contributed by atoms with Gasteiger partial charge in [0.2, 0.25) is 0 Å². The van der Waals surface area contributed by atoms with Gasteiger partial charge in [0, 0.05) is 50.4 Å². The molecule has 3 N–H and O–H groups in total. The molecule has 0 atom stereocenters. The fraction of sp³-hybridized carbons (Fsp3) is 0.483. The number of rotatable bonds is 6. The highest BCUT2D eigenvalue weighted by Crippen LogP contribution is 2.23. The highest BCUT2D eigenvalue weighted by molar-refractivity contribution is 5.96. The Morgan fingerprint density at radius 1 is 0.897 bits per heavy atom. The third-order valence-corrected chi connectivity index (χ3v) is 6.08. The van der Waals surface area contributed by atoms with Gasteiger partial charge >= 0.3 is 6.03 Å². The van der Waals surface area contributed by atoms with E-state index in [0.29, 0.717) is 44.8 Å². The van der Waals surface area contributed by atoms with Gasteiger partial charge in [0.05, 0.1) is 11.3 Å². The third-order valence-electron chi connectivity index (χ3n) is 6.08. The number of piperazine rings is 1. The first-order chi connectivity index (χ1) is 18.1. The van der Waals surface area contributed by atoms with E-state index in [1.807, 2.05) is 59.7 Å². The Balaban J connectivity index is 1.57. The second-order valence-electron chi connectivity index (χ2n) is 12.1. The molecule has 0 unspecified atom stereocenters. The van der Waals surface area contributed by atoms with Crippen LogP contribution in [0.1, 0.15) is 67.8 Å². The van der Waals surface area contributed by atoms with Crippen molar-refractivity contribution in [2.24, 2.45) is 5.41 Å². The summed E-state index contributed by atoms with van der Waals surface area (Å²) in [5, 5.41) is 7.86. The molecule has 0 saturated carbocycles. The van der Waals surface area contributed by atoms with Crippen LogP contribution in [0.3, 0.4) is 0 Å². The first-order valence-corrected chi connectivity index (χ1v) is 13.1. The van der Waals surface area contributed by atoms with Gasteiger partial charge in [0.15, 0.2) is 11.6 Å². The predicted molar refractivity (Wildman–Crippen MR) is 148 cm³/mol. The van der Waals surface area contributed by atoms with Crippen LogP contribution in [0, 0.1) is 17.0 Å². The lowest BCUT2D eigenvalue weighted by Gasteiger charge is -2.35. The van der Waals surface area contributed by atoms with E-state index in [2.05, 4.69) is 20.9 Å². The van der Waals surface area contributed by atoms with Crippen LogP contribution in [-0.2, 0) is 6.54 Å². The van der Waals surface area contributed by atoms with Crippen molar-refractivity contribution in [3.8, 4) is 0 Å². The number of benzene rings is 2. The number of carbonyl (C=O) groups is 3. The molecule has 3 rings (SSSR count). The summed E-state index contributed by atoms with van der Waals surface area (Å²) >= 11 is 0. The molecule has 39 heavy (non-hydrogen) atoms. The number of nitrogens with one attached hydrogen (secondary N) is 3. The number of carbonyl (C=O) groups excluding carboxylic acids is 3. The molecule has 4 amide bonds. The molecule has 0 radical (unpaired) electrons. The van der Waals surface area contributed by atoms with Gasteiger partial charge in [-0.25, -0.2) is 13.6 Å². The minimum Gasteiger partial charge on any atom is -0.347 e. The molecule has 2 aromatic rings. The molecule has 1 fully saturated rings. The maximum atomic E-state index is 14.8. The monoisotopic (exact) mass is 543 g/mol. The largest absolute Gasteiger partial charge is 0.347 e. The maximum absolute atomic E-state index is 14.8. The fourth-order valence-corrected chi connectivity index (χ4v) is 4.08. The maximum Gasteiger partial charge on any atom is 0.319 e. The molecule has 1 aliphatic heterocycles. The van der Waals surface area contributed by atoms with Crippen molar-refractivity contribution in [1.82, 2.24) is 20.4 Å². The SMILES string of the molecule is CC(C)(C)CNC(=O)Nc1ccc(C(=O)N2CCN(Cc3cccc(C(=O)NC(C)(C)C)c3)CC2)c(F)c1F. The Labute approximate surface area is 229 Å². The smallest absolute Gasteiger partial charge is 0.319 e. The molecule has 0 spiro atoms. The third kappa shape index (κ3) is 8.74. The minimum absolute atomic E-state index is 0.138. The molecule has 2 aromatic carbocycles. The van der Waals surface area contributed by atoms with Gasteiger partial charge in [-0.2, -0.15) is 0 Å². The summed E-state index contributed by atoms with van der Waals surface area (Å²) in [6, 6.07) is 9.16. The van der Waals surface area contributed by atoms with Crippen LogP contribution >= 0.6 is 0 Å². The minimum atomic E-state index is -1.29. The summed E-state index contributed by atoms with van der Waals surface area (Å²) in [6.45, 7) is 14.3. The Morgan fingerprint density at radius 3 is 2.18 bits per heavy atom. The quantitative estimate of drug-likeness (QED) is 0.496. The molecule has 8 nitrogen and oxygen atoms in total. The first kappa shape index (κ1) is 30.0. The molecule has 0 aliphatic carbocycles. The van der Waals surface area contributed by atoms with Gasteiger partial charge in [-0.1, -0.05) is 32.9 Å². The van der Waals surface area contributed by atoms with Crippen molar-refractivity contribution in [2.45, 2.75) is 53.6 Å². The highest BCUT2D eigenvalue weighted by atomic mass is 19.2. The standard InChI is InChI=1S/C29H39F2N5O3/c1-28(2,3)18-32-27(39)33-22-11-10-21(23(30)24(22)31)26(38)36-14-12-35(13-15-36)17-19-8-7-9-20(16-19)25(37)34-29(4,5)6/h7-11,16H,12-15,17-18H2,1-6H3,(H,34,37)(H2,32,33,39). The van der Waals surface area contributed by atoms with Crippen molar-refractivity contribution >= 4 is 23.5 Å². The molecular weight excluding hydrogens is 504 g/mol. The van der Waals surface area contributed by atoms with E-state index in [1.54, 1.807) is 6.07 Å². The molecule has 10 heteroatoms. The Bertz CT molecular complexity index is 1210. The van der Waals surface area contributed by atoms with Crippen molar-refractivity contribution in [3.63, 3.8) is 0 Å². The zero-order valence-corrected chi connectivity index (χ0v) is 23.6. The van der Waals surface area contributed by atoms with Crippen molar-refractivity contribution in [3.05, 3.63) is 64.7 Å². The molecule has 1 saturated heterocycles. The molecular formula is C29H39F2N5O3. The van der Waals surface area contributed by atoms with E-state index in [4.69, 9.17) is 0 Å². The van der Waals surface area contributed by atoms with Crippen LogP contribution in [-0.4, -0.2) is 65.9 Å². The Kier molecular flexibility index (Phi) is 9.32. The van der Waals surface area contributed by atoms with E-state index in [9.17, 15) is 23.2 Å². The van der Waals surface area contributed by atoms with Crippen LogP contribution in [0.15, 0.2) is 36.4 Å². The summed E-state index contributed by atoms with van der Waals surface area (Å²) in [7, 11) is 0. The number of nitrogens with zero attached hydrogens (tertiary/aromatic N) is 2. The average molecular weight is 544 g/mol. The number of amides is 4. The van der Waals surface area contributed by atoms with Crippen molar-refractivity contribution in [2.75, 3.05) is 38.0 Å². The van der Waals surface area contributed by atoms with E-state index >= 15 is 0 Å². The van der Waals surface area contributed by atoms with Crippen LogP contribution in [0.4, 0.5) is 19.3 Å². The fourth-order valence-electron chi connectivity index (χ4n) is 4.08. The predicted octanol–water partition coefficient (Wildman–Crippen LogP) is 4.62. The van der Waals surface area contributed by atoms with Crippen LogP contribution in [0.5, 0.6) is 0 Å². The van der Waals surface area contributed by atoms with Gasteiger partial charge < -0.3 is 20.9 Å². The van der Waals surface area contributed by atoms with Gasteiger partial charge in [0.1, 0.15) is 0 Å². The highest BCUT2D eigenvalue weighted by Gasteiger charge is 2.27. The second kappa shape index (κ2) is 12.1. The number of halogens is 2. The lowest BCUT2D eigenvalue weighted by Crippen LogP contribution is -2.48. The lowest BCUT2D eigenvalue weighted by molar-refractivity contribution is 0.0622. The summed E-state index contributed by atoms with van der Waals surface area (Å²) in [5.74, 6) is -3.31. The summed E-state index contributed by atoms with van der Waals surface area (Å²) in [5.41, 5.74) is 0.333. The van der Waals surface area contributed by atoms with E-state index in [1.165, 1.54) is 17.0 Å². The summed E-state index contributed by atoms with van der Waals surface area (Å²) < 4.78 is 29.5. The lowest BCUT2D eigenvalue weighted by atomic mass is 9.97. The first-order valence-electron chi connectivity index (χ1n) is 13.1. The molecule has 0 bridgehead atoms. The topological polar surface area (TPSA) is 93.8 Å². The van der Waals surface area contributed by atoms with Crippen LogP contribution in [0.25, 0.3) is 0 Å².